The van der Waals surface area contributed by atoms with Crippen molar-refractivity contribution in [3.63, 3.8) is 0 Å². The number of anilines is 3. The van der Waals surface area contributed by atoms with Crippen LogP contribution in [0.5, 0.6) is 0 Å². The summed E-state index contributed by atoms with van der Waals surface area (Å²) in [6.07, 6.45) is 0. The summed E-state index contributed by atoms with van der Waals surface area (Å²) in [7, 11) is 0. The van der Waals surface area contributed by atoms with Gasteiger partial charge in [-0.15, -0.1) is 0 Å². The van der Waals surface area contributed by atoms with Crippen molar-refractivity contribution < 1.29 is 4.42 Å². The van der Waals surface area contributed by atoms with E-state index in [-0.39, 0.29) is 5.41 Å². The van der Waals surface area contributed by atoms with E-state index in [0.717, 1.165) is 50.1 Å². The molecular formula is C51H37NO. The quantitative estimate of drug-likeness (QED) is 0.174. The zero-order chi connectivity index (χ0) is 35.5. The van der Waals surface area contributed by atoms with Crippen LogP contribution >= 0.6 is 0 Å². The number of hydrogen-bond acceptors (Lipinski definition) is 2. The van der Waals surface area contributed by atoms with Gasteiger partial charge in [-0.25, -0.2) is 0 Å². The molecule has 1 heterocycles. The highest BCUT2D eigenvalue weighted by Crippen LogP contribution is 2.52. The van der Waals surface area contributed by atoms with Crippen molar-refractivity contribution in [2.24, 2.45) is 0 Å². The Morgan fingerprint density at radius 2 is 0.925 bits per heavy atom. The third kappa shape index (κ3) is 5.18. The lowest BCUT2D eigenvalue weighted by atomic mass is 9.82. The van der Waals surface area contributed by atoms with Crippen LogP contribution in [0.2, 0.25) is 0 Å². The van der Waals surface area contributed by atoms with Crippen molar-refractivity contribution in [1.29, 1.82) is 0 Å². The molecule has 2 nitrogen and oxygen atoms in total. The number of benzene rings is 8. The van der Waals surface area contributed by atoms with Crippen molar-refractivity contribution in [2.75, 3.05) is 4.90 Å². The van der Waals surface area contributed by atoms with Gasteiger partial charge in [0.1, 0.15) is 5.58 Å². The zero-order valence-corrected chi connectivity index (χ0v) is 29.8. The van der Waals surface area contributed by atoms with E-state index < -0.39 is 0 Å². The molecule has 1 aliphatic rings. The lowest BCUT2D eigenvalue weighted by molar-refractivity contribution is 0.660. The maximum atomic E-state index is 6.92. The monoisotopic (exact) mass is 679 g/mol. The van der Waals surface area contributed by atoms with Crippen molar-refractivity contribution in [3.8, 4) is 44.5 Å². The minimum atomic E-state index is -0.140. The first-order valence-electron chi connectivity index (χ1n) is 18.3. The number of hydrogen-bond donors (Lipinski definition) is 0. The molecular weight excluding hydrogens is 643 g/mol. The largest absolute Gasteiger partial charge is 0.454 e. The Hall–Kier alpha value is -6.64. The van der Waals surface area contributed by atoms with Crippen LogP contribution in [0.4, 0.5) is 17.1 Å². The first-order valence-corrected chi connectivity index (χ1v) is 18.3. The van der Waals surface area contributed by atoms with Crippen LogP contribution in [0.15, 0.2) is 192 Å². The summed E-state index contributed by atoms with van der Waals surface area (Å²) in [5.41, 5.74) is 17.1. The Bertz CT molecular complexity index is 2780. The van der Waals surface area contributed by atoms with Gasteiger partial charge in [0, 0.05) is 27.6 Å². The van der Waals surface area contributed by atoms with Gasteiger partial charge in [0.15, 0.2) is 5.58 Å². The molecule has 0 amide bonds. The van der Waals surface area contributed by atoms with Crippen molar-refractivity contribution >= 4 is 39.0 Å². The van der Waals surface area contributed by atoms with Gasteiger partial charge in [0.2, 0.25) is 0 Å². The molecule has 0 atom stereocenters. The molecule has 0 fully saturated rings. The third-order valence-electron chi connectivity index (χ3n) is 11.1. The van der Waals surface area contributed by atoms with E-state index in [1.165, 1.54) is 44.5 Å². The maximum absolute atomic E-state index is 6.92. The molecule has 0 saturated carbocycles. The van der Waals surface area contributed by atoms with Gasteiger partial charge in [0.05, 0.1) is 5.69 Å². The molecule has 0 aliphatic heterocycles. The van der Waals surface area contributed by atoms with Crippen LogP contribution < -0.4 is 4.90 Å². The highest BCUT2D eigenvalue weighted by Gasteiger charge is 2.36. The normalized spacial score (nSPS) is 12.9. The third-order valence-corrected chi connectivity index (χ3v) is 11.1. The molecule has 53 heavy (non-hydrogen) atoms. The van der Waals surface area contributed by atoms with E-state index in [9.17, 15) is 0 Å². The second kappa shape index (κ2) is 12.3. The first-order chi connectivity index (χ1) is 26.0. The van der Waals surface area contributed by atoms with Crippen LogP contribution in [-0.2, 0) is 5.41 Å². The molecule has 252 valence electrons. The predicted molar refractivity (Wildman–Crippen MR) is 222 cm³/mol. The molecule has 0 bridgehead atoms. The summed E-state index contributed by atoms with van der Waals surface area (Å²) >= 11 is 0. The van der Waals surface area contributed by atoms with Crippen LogP contribution in [0, 0.1) is 0 Å². The lowest BCUT2D eigenvalue weighted by Crippen LogP contribution is -2.16. The number of fused-ring (bicyclic) bond motifs is 6. The zero-order valence-electron chi connectivity index (χ0n) is 29.8. The molecule has 1 aromatic heterocycles. The summed E-state index contributed by atoms with van der Waals surface area (Å²) in [5.74, 6) is 0. The van der Waals surface area contributed by atoms with Crippen molar-refractivity contribution in [2.45, 2.75) is 19.3 Å². The molecule has 0 N–H and O–H groups in total. The molecule has 8 aromatic carbocycles. The minimum absolute atomic E-state index is 0.140. The Morgan fingerprint density at radius 1 is 0.396 bits per heavy atom. The molecule has 1 aliphatic carbocycles. The van der Waals surface area contributed by atoms with Gasteiger partial charge < -0.3 is 9.32 Å². The van der Waals surface area contributed by atoms with Gasteiger partial charge in [0.25, 0.3) is 0 Å². The predicted octanol–water partition coefficient (Wildman–Crippen LogP) is 14.4. The average molecular weight is 680 g/mol. The summed E-state index contributed by atoms with van der Waals surface area (Å²) in [6, 6.07) is 67.8. The molecule has 0 radical (unpaired) electrons. The van der Waals surface area contributed by atoms with E-state index in [2.05, 4.69) is 207 Å². The maximum Gasteiger partial charge on any atom is 0.159 e. The average Bonchev–Trinajstić information content (AvgIpc) is 3.70. The number of rotatable bonds is 6. The van der Waals surface area contributed by atoms with Gasteiger partial charge in [-0.2, -0.15) is 0 Å². The van der Waals surface area contributed by atoms with Gasteiger partial charge in [-0.1, -0.05) is 153 Å². The molecule has 9 aromatic rings. The van der Waals surface area contributed by atoms with E-state index in [4.69, 9.17) is 4.42 Å². The van der Waals surface area contributed by atoms with Crippen LogP contribution in [0.1, 0.15) is 25.0 Å². The Morgan fingerprint density at radius 3 is 1.62 bits per heavy atom. The number of nitrogens with zero attached hydrogens (tertiary/aromatic N) is 1. The second-order valence-corrected chi connectivity index (χ2v) is 14.6. The summed E-state index contributed by atoms with van der Waals surface area (Å²) in [4.78, 5) is 2.39. The lowest BCUT2D eigenvalue weighted by Gasteiger charge is -2.28. The van der Waals surface area contributed by atoms with Crippen molar-refractivity contribution in [1.82, 2.24) is 0 Å². The SMILES string of the molecule is CC1(C)c2ccccc2-c2ccc(N(c3ccc(-c4ccccc4)cc3)c3cc(-c4ccccc4)cc4c3oc3ccc(-c5ccccc5)cc34)cc21. The van der Waals surface area contributed by atoms with E-state index in [1.807, 2.05) is 0 Å². The van der Waals surface area contributed by atoms with Crippen LogP contribution in [0.25, 0.3) is 66.4 Å². The Balaban J connectivity index is 1.24. The Labute approximate surface area is 310 Å². The fraction of sp³-hybridized carbons (Fsp3) is 0.0588. The molecule has 2 heteroatoms. The molecule has 0 saturated heterocycles. The van der Waals surface area contributed by atoms with E-state index in [0.29, 0.717) is 0 Å². The number of furan rings is 1. The van der Waals surface area contributed by atoms with Gasteiger partial charge in [-0.3, -0.25) is 0 Å². The summed E-state index contributed by atoms with van der Waals surface area (Å²) in [6.45, 7) is 4.69. The summed E-state index contributed by atoms with van der Waals surface area (Å²) in [5, 5.41) is 2.19. The standard InChI is InChI=1S/C51H37NO/c1-51(2)46-21-13-12-20-42(46)43-28-27-41(33-47(43)51)52(40-25-22-37(23-26-40)34-14-6-3-7-15-34)48-32-39(36-18-10-5-11-19-36)31-45-44-30-38(35-16-8-4-9-17-35)24-29-49(44)53-50(45)48/h3-33H,1-2H3. The van der Waals surface area contributed by atoms with Crippen molar-refractivity contribution in [3.05, 3.63) is 199 Å². The highest BCUT2D eigenvalue weighted by atomic mass is 16.3. The minimum Gasteiger partial charge on any atom is -0.454 e. The second-order valence-electron chi connectivity index (χ2n) is 14.6. The first kappa shape index (κ1) is 31.1. The topological polar surface area (TPSA) is 16.4 Å². The smallest absolute Gasteiger partial charge is 0.159 e. The molecule has 0 unspecified atom stereocenters. The molecule has 0 spiro atoms. The van der Waals surface area contributed by atoms with Gasteiger partial charge in [-0.05, 0) is 104 Å². The fourth-order valence-corrected chi connectivity index (χ4v) is 8.33. The van der Waals surface area contributed by atoms with E-state index >= 15 is 0 Å². The molecule has 10 rings (SSSR count). The van der Waals surface area contributed by atoms with Crippen LogP contribution in [-0.4, -0.2) is 0 Å². The highest BCUT2D eigenvalue weighted by molar-refractivity contribution is 6.13. The Kier molecular flexibility index (Phi) is 7.19. The fourth-order valence-electron chi connectivity index (χ4n) is 8.33. The van der Waals surface area contributed by atoms with E-state index in [1.54, 1.807) is 0 Å². The summed E-state index contributed by atoms with van der Waals surface area (Å²) < 4.78 is 6.92. The van der Waals surface area contributed by atoms with Gasteiger partial charge >= 0.3 is 0 Å². The van der Waals surface area contributed by atoms with Crippen LogP contribution in [0.3, 0.4) is 0 Å².